The molecule has 1 unspecified atom stereocenters. The highest BCUT2D eigenvalue weighted by molar-refractivity contribution is 8.00. The molecule has 0 spiro atoms. The summed E-state index contributed by atoms with van der Waals surface area (Å²) in [6, 6.07) is 5.94. The molecule has 39 heavy (non-hydrogen) atoms. The smallest absolute Gasteiger partial charge is 0.238 e. The van der Waals surface area contributed by atoms with Crippen molar-refractivity contribution in [2.45, 2.75) is 26.4 Å². The zero-order valence-corrected chi connectivity index (χ0v) is 22.0. The van der Waals surface area contributed by atoms with Gasteiger partial charge in [-0.1, -0.05) is 0 Å². The van der Waals surface area contributed by atoms with Gasteiger partial charge in [-0.25, -0.2) is 19.9 Å². The van der Waals surface area contributed by atoms with Gasteiger partial charge in [-0.05, 0) is 35.9 Å². The Bertz CT molecular complexity index is 1880. The highest BCUT2D eigenvalue weighted by atomic mass is 32.2. The van der Waals surface area contributed by atoms with Crippen molar-refractivity contribution in [1.29, 1.82) is 0 Å². The van der Waals surface area contributed by atoms with Crippen molar-refractivity contribution in [3.05, 3.63) is 60.1 Å². The van der Waals surface area contributed by atoms with E-state index in [2.05, 4.69) is 47.1 Å². The number of nitrogens with one attached hydrogen (secondary N) is 2. The predicted octanol–water partition coefficient (Wildman–Crippen LogP) is 2.76. The van der Waals surface area contributed by atoms with E-state index in [9.17, 15) is 4.21 Å². The summed E-state index contributed by atoms with van der Waals surface area (Å²) in [4.78, 5) is 18.1. The molecule has 0 aromatic carbocycles. The Morgan fingerprint density at radius 1 is 1.18 bits per heavy atom. The monoisotopic (exact) mass is 542 g/mol. The lowest BCUT2D eigenvalue weighted by atomic mass is 10.0. The first-order chi connectivity index (χ1) is 18.8. The van der Waals surface area contributed by atoms with Crippen LogP contribution in [-0.4, -0.2) is 56.2 Å². The van der Waals surface area contributed by atoms with Crippen molar-refractivity contribution < 1.29 is 8.95 Å². The van der Waals surface area contributed by atoms with Crippen LogP contribution in [0.3, 0.4) is 0 Å². The molecule has 0 aliphatic carbocycles. The fourth-order valence-electron chi connectivity index (χ4n) is 4.99. The zero-order valence-electron chi connectivity index (χ0n) is 21.2. The molecule has 13 heteroatoms. The van der Waals surface area contributed by atoms with Crippen LogP contribution in [0.5, 0.6) is 5.88 Å². The van der Waals surface area contributed by atoms with Gasteiger partial charge >= 0.3 is 0 Å². The van der Waals surface area contributed by atoms with Crippen LogP contribution in [-0.2, 0) is 29.0 Å². The van der Waals surface area contributed by atoms with Gasteiger partial charge in [-0.2, -0.15) is 5.10 Å². The number of hydrogen-bond donors (Lipinski definition) is 3. The summed E-state index contributed by atoms with van der Waals surface area (Å²) in [5.74, 6) is 7.11. The Hall–Kier alpha value is -4.65. The molecule has 12 nitrogen and oxygen atoms in total. The molecular formula is C26H26N10O2S. The van der Waals surface area contributed by atoms with Crippen molar-refractivity contribution in [2.75, 3.05) is 28.2 Å². The second-order valence-electron chi connectivity index (χ2n) is 9.80. The lowest BCUT2D eigenvalue weighted by molar-refractivity contribution is 0.374. The second-order valence-corrected chi connectivity index (χ2v) is 12.3. The maximum atomic E-state index is 12.4. The first-order valence-corrected chi connectivity index (χ1v) is 14.5. The first kappa shape index (κ1) is 23.5. The number of nitrogen functional groups attached to an aromatic ring is 1. The second kappa shape index (κ2) is 8.70. The maximum absolute atomic E-state index is 12.4. The Balaban J connectivity index is 1.21. The fraction of sp³-hybridized carbons (Fsp3) is 0.231. The van der Waals surface area contributed by atoms with Crippen LogP contribution >= 0.6 is 0 Å². The number of hydrogen-bond acceptors (Lipinski definition) is 10. The Kier molecular flexibility index (Phi) is 5.23. The first-order valence-electron chi connectivity index (χ1n) is 12.4. The van der Waals surface area contributed by atoms with E-state index in [0.717, 1.165) is 52.2 Å². The zero-order chi connectivity index (χ0) is 26.7. The summed E-state index contributed by atoms with van der Waals surface area (Å²) in [6.07, 6.45) is 8.11. The number of fused-ring (bicyclic) bond motifs is 4. The minimum atomic E-state index is -2.39. The molecule has 7 heterocycles. The third-order valence-electron chi connectivity index (χ3n) is 7.07. The minimum absolute atomic E-state index is 0.0207. The molecule has 2 aliphatic heterocycles. The standard InChI is InChI=1S/C26H26N10O2S/c1-15-18(10-30-26-24(15)31-13-39(2,37)14-38-26)20-7-16-8-21(29-11-19(16)25(27)32-20)33-22-9-17-3-5-35-6-4-28-23(35)12-36(17)34-22/h4,6-11,31H,2-3,5,12-14H2,1H3,(H2,27,32)(H,29,33,34). The quantitative estimate of drug-likeness (QED) is 0.290. The molecule has 5 aromatic rings. The summed E-state index contributed by atoms with van der Waals surface area (Å²) in [5, 5.41) is 12.9. The SMILES string of the molecule is C=S1(=O)CNc2c(ncc(-c3cc4cc(Nc5cc6n(n5)Cc5nccn5CC6)ncc4c(N)n3)c2C)OC1. The van der Waals surface area contributed by atoms with Gasteiger partial charge in [-0.3, -0.25) is 8.89 Å². The van der Waals surface area contributed by atoms with E-state index in [0.29, 0.717) is 35.4 Å². The number of aromatic nitrogens is 7. The van der Waals surface area contributed by atoms with Crippen molar-refractivity contribution in [1.82, 2.24) is 34.3 Å². The van der Waals surface area contributed by atoms with Gasteiger partial charge in [0, 0.05) is 70.0 Å². The Morgan fingerprint density at radius 3 is 2.97 bits per heavy atom. The number of nitrogens with two attached hydrogens (primary N) is 1. The number of nitrogens with zero attached hydrogens (tertiary/aromatic N) is 7. The summed E-state index contributed by atoms with van der Waals surface area (Å²) in [6.45, 7) is 3.44. The number of anilines is 4. The minimum Gasteiger partial charge on any atom is -0.463 e. The van der Waals surface area contributed by atoms with E-state index in [-0.39, 0.29) is 11.8 Å². The molecule has 0 radical (unpaired) electrons. The van der Waals surface area contributed by atoms with Gasteiger partial charge in [0.2, 0.25) is 5.88 Å². The van der Waals surface area contributed by atoms with E-state index < -0.39 is 9.52 Å². The Morgan fingerprint density at radius 2 is 2.08 bits per heavy atom. The highest BCUT2D eigenvalue weighted by Crippen LogP contribution is 2.36. The van der Waals surface area contributed by atoms with Crippen LogP contribution in [0, 0.1) is 6.92 Å². The third-order valence-corrected chi connectivity index (χ3v) is 8.29. The van der Waals surface area contributed by atoms with Gasteiger partial charge in [0.25, 0.3) is 0 Å². The van der Waals surface area contributed by atoms with Gasteiger partial charge in [-0.15, -0.1) is 0 Å². The number of imidazole rings is 1. The number of aryl methyl sites for hydroxylation is 2. The van der Waals surface area contributed by atoms with E-state index in [1.165, 1.54) is 0 Å². The van der Waals surface area contributed by atoms with Crippen molar-refractivity contribution >= 4 is 49.3 Å². The van der Waals surface area contributed by atoms with E-state index in [4.69, 9.17) is 15.6 Å². The molecular weight excluding hydrogens is 516 g/mol. The third kappa shape index (κ3) is 4.20. The molecule has 0 saturated carbocycles. The van der Waals surface area contributed by atoms with Crippen LogP contribution in [0.1, 0.15) is 17.1 Å². The summed E-state index contributed by atoms with van der Waals surface area (Å²) in [5.41, 5.74) is 10.5. The van der Waals surface area contributed by atoms with Crippen LogP contribution in [0.15, 0.2) is 43.0 Å². The molecule has 4 N–H and O–H groups in total. The maximum Gasteiger partial charge on any atom is 0.238 e. The van der Waals surface area contributed by atoms with Gasteiger partial charge in [0.1, 0.15) is 23.1 Å². The lowest BCUT2D eigenvalue weighted by Crippen LogP contribution is -2.17. The van der Waals surface area contributed by atoms with Crippen LogP contribution < -0.4 is 21.1 Å². The lowest BCUT2D eigenvalue weighted by Gasteiger charge is -2.14. The molecule has 2 aliphatic rings. The van der Waals surface area contributed by atoms with Crippen LogP contribution in [0.4, 0.5) is 23.1 Å². The van der Waals surface area contributed by atoms with Gasteiger partial charge in [0.05, 0.1) is 18.1 Å². The molecule has 0 amide bonds. The normalized spacial score (nSPS) is 18.2. The Labute approximate surface area is 224 Å². The van der Waals surface area contributed by atoms with Crippen LogP contribution in [0.25, 0.3) is 22.0 Å². The summed E-state index contributed by atoms with van der Waals surface area (Å²) in [7, 11) is -2.39. The summed E-state index contributed by atoms with van der Waals surface area (Å²) >= 11 is 0. The summed E-state index contributed by atoms with van der Waals surface area (Å²) < 4.78 is 22.3. The average Bonchev–Trinajstić information content (AvgIpc) is 3.43. The molecule has 0 fully saturated rings. The number of rotatable bonds is 3. The van der Waals surface area contributed by atoms with Crippen molar-refractivity contribution in [3.63, 3.8) is 0 Å². The molecule has 0 bridgehead atoms. The highest BCUT2D eigenvalue weighted by Gasteiger charge is 2.21. The fourth-order valence-corrected chi connectivity index (χ4v) is 5.81. The molecule has 198 valence electrons. The topological polar surface area (TPSA) is 151 Å². The van der Waals surface area contributed by atoms with Crippen LogP contribution in [0.2, 0.25) is 0 Å². The largest absolute Gasteiger partial charge is 0.463 e. The van der Waals surface area contributed by atoms with Gasteiger partial charge < -0.3 is 25.7 Å². The molecule has 1 atom stereocenters. The average molecular weight is 543 g/mol. The molecule has 7 rings (SSSR count). The number of pyridine rings is 3. The van der Waals surface area contributed by atoms with Gasteiger partial charge in [0.15, 0.2) is 11.8 Å². The molecule has 0 saturated heterocycles. The van der Waals surface area contributed by atoms with Crippen molar-refractivity contribution in [2.24, 2.45) is 0 Å². The predicted molar refractivity (Wildman–Crippen MR) is 152 cm³/mol. The van der Waals surface area contributed by atoms with Crippen molar-refractivity contribution in [3.8, 4) is 17.1 Å². The van der Waals surface area contributed by atoms with E-state index in [1.807, 2.05) is 36.1 Å². The molecule has 5 aromatic heterocycles. The van der Waals surface area contributed by atoms with E-state index >= 15 is 0 Å². The number of ether oxygens (including phenoxy) is 1. The van der Waals surface area contributed by atoms with E-state index in [1.54, 1.807) is 12.4 Å².